The highest BCUT2D eigenvalue weighted by Gasteiger charge is 2.27. The molecule has 6 nitrogen and oxygen atoms in total. The van der Waals surface area contributed by atoms with Gasteiger partial charge in [0.15, 0.2) is 0 Å². The molecule has 154 valence electrons. The maximum atomic E-state index is 13.0. The molecule has 1 fully saturated rings. The highest BCUT2D eigenvalue weighted by molar-refractivity contribution is 7.89. The predicted molar refractivity (Wildman–Crippen MR) is 110 cm³/mol. The molecule has 0 aromatic heterocycles. The molecule has 1 aliphatic carbocycles. The molecule has 0 radical (unpaired) electrons. The summed E-state index contributed by atoms with van der Waals surface area (Å²) in [7, 11) is -3.57. The summed E-state index contributed by atoms with van der Waals surface area (Å²) in [6.07, 6.45) is 9.27. The lowest BCUT2D eigenvalue weighted by molar-refractivity contribution is -0.116. The molecule has 1 atom stereocenters. The Kier molecular flexibility index (Phi) is 6.78. The van der Waals surface area contributed by atoms with Gasteiger partial charge in [-0.2, -0.15) is 4.31 Å². The summed E-state index contributed by atoms with van der Waals surface area (Å²) in [6, 6.07) is 4.74. The molecule has 0 spiro atoms. The number of piperidine rings is 1. The van der Waals surface area contributed by atoms with E-state index in [1.807, 2.05) is 13.8 Å². The number of anilines is 1. The van der Waals surface area contributed by atoms with Crippen molar-refractivity contribution in [3.8, 4) is 5.75 Å². The van der Waals surface area contributed by atoms with Gasteiger partial charge in [-0.15, -0.1) is 0 Å². The van der Waals surface area contributed by atoms with Crippen LogP contribution < -0.4 is 10.1 Å². The molecule has 1 N–H and O–H groups in total. The first-order valence-electron chi connectivity index (χ1n) is 10.1. The lowest BCUT2D eigenvalue weighted by atomic mass is 10.1. The number of sulfonamides is 1. The molecule has 1 aromatic carbocycles. The second-order valence-electron chi connectivity index (χ2n) is 7.81. The minimum atomic E-state index is -3.57. The van der Waals surface area contributed by atoms with Crippen LogP contribution in [-0.4, -0.2) is 37.8 Å². The lowest BCUT2D eigenvalue weighted by Crippen LogP contribution is -2.35. The number of allylic oxidation sites excluding steroid dienone is 2. The van der Waals surface area contributed by atoms with Crippen LogP contribution in [-0.2, 0) is 14.8 Å². The van der Waals surface area contributed by atoms with E-state index in [2.05, 4.69) is 17.5 Å². The Morgan fingerprint density at radius 3 is 2.64 bits per heavy atom. The number of rotatable bonds is 7. The molecular formula is C21H30N2O4S. The first-order chi connectivity index (χ1) is 13.4. The third-order valence-corrected chi connectivity index (χ3v) is 7.00. The topological polar surface area (TPSA) is 75.7 Å². The zero-order chi connectivity index (χ0) is 20.1. The van der Waals surface area contributed by atoms with Gasteiger partial charge < -0.3 is 10.1 Å². The molecule has 1 amide bonds. The van der Waals surface area contributed by atoms with E-state index in [-0.39, 0.29) is 22.8 Å². The van der Waals surface area contributed by atoms with E-state index < -0.39 is 10.0 Å². The van der Waals surface area contributed by atoms with Gasteiger partial charge in [0.1, 0.15) is 5.75 Å². The number of benzene rings is 1. The Morgan fingerprint density at radius 1 is 1.25 bits per heavy atom. The largest absolute Gasteiger partial charge is 0.489 e. The van der Waals surface area contributed by atoms with Crippen LogP contribution in [0.1, 0.15) is 52.4 Å². The van der Waals surface area contributed by atoms with Gasteiger partial charge >= 0.3 is 0 Å². The summed E-state index contributed by atoms with van der Waals surface area (Å²) in [4.78, 5) is 12.7. The van der Waals surface area contributed by atoms with Gasteiger partial charge in [-0.25, -0.2) is 8.42 Å². The smallest absolute Gasteiger partial charge is 0.243 e. The molecule has 1 aromatic rings. The van der Waals surface area contributed by atoms with Crippen molar-refractivity contribution in [1.82, 2.24) is 4.31 Å². The van der Waals surface area contributed by atoms with Crippen molar-refractivity contribution in [2.45, 2.75) is 63.4 Å². The molecule has 0 saturated carbocycles. The fourth-order valence-corrected chi connectivity index (χ4v) is 5.23. The zero-order valence-corrected chi connectivity index (χ0v) is 17.5. The van der Waals surface area contributed by atoms with Crippen LogP contribution in [0.25, 0.3) is 0 Å². The first-order valence-corrected chi connectivity index (χ1v) is 11.6. The molecule has 1 aliphatic heterocycles. The lowest BCUT2D eigenvalue weighted by Gasteiger charge is -2.26. The second kappa shape index (κ2) is 9.09. The van der Waals surface area contributed by atoms with Crippen LogP contribution in [0.2, 0.25) is 0 Å². The number of nitrogens with zero attached hydrogens (tertiary/aromatic N) is 1. The Labute approximate surface area is 168 Å². The Morgan fingerprint density at radius 2 is 2.00 bits per heavy atom. The summed E-state index contributed by atoms with van der Waals surface area (Å²) in [5.74, 6) is 0.607. The predicted octanol–water partition coefficient (Wildman–Crippen LogP) is 3.94. The van der Waals surface area contributed by atoms with E-state index in [1.165, 1.54) is 10.4 Å². The average Bonchev–Trinajstić information content (AvgIpc) is 3.16. The SMILES string of the molecule is CC(C)Oc1ccc(S(=O)(=O)N2CCCCC2)cc1NC(=O)CC1C=CCC1. The van der Waals surface area contributed by atoms with Gasteiger partial charge in [-0.05, 0) is 63.6 Å². The number of nitrogens with one attached hydrogen (secondary N) is 1. The number of amides is 1. The Hall–Kier alpha value is -1.86. The van der Waals surface area contributed by atoms with E-state index in [4.69, 9.17) is 4.74 Å². The molecule has 1 heterocycles. The van der Waals surface area contributed by atoms with Crippen LogP contribution in [0, 0.1) is 5.92 Å². The summed E-state index contributed by atoms with van der Waals surface area (Å²) in [5.41, 5.74) is 0.416. The number of ether oxygens (including phenoxy) is 1. The maximum Gasteiger partial charge on any atom is 0.243 e. The molecule has 28 heavy (non-hydrogen) atoms. The monoisotopic (exact) mass is 406 g/mol. The fraction of sp³-hybridized carbons (Fsp3) is 0.571. The third kappa shape index (κ3) is 5.14. The number of carbonyl (C=O) groups excluding carboxylic acids is 1. The van der Waals surface area contributed by atoms with Crippen molar-refractivity contribution >= 4 is 21.6 Å². The highest BCUT2D eigenvalue weighted by atomic mass is 32.2. The van der Waals surface area contributed by atoms with Crippen LogP contribution in [0.5, 0.6) is 5.75 Å². The van der Waals surface area contributed by atoms with Gasteiger partial charge in [-0.1, -0.05) is 18.6 Å². The normalized spacial score (nSPS) is 20.5. The standard InChI is InChI=1S/C21H30N2O4S/c1-16(2)27-20-11-10-18(28(25,26)23-12-6-3-7-13-23)15-19(20)22-21(24)14-17-8-4-5-9-17/h4,8,10-11,15-17H,3,5-7,9,12-14H2,1-2H3,(H,22,24). The number of hydrogen-bond donors (Lipinski definition) is 1. The van der Waals surface area contributed by atoms with E-state index in [9.17, 15) is 13.2 Å². The third-order valence-electron chi connectivity index (χ3n) is 5.10. The minimum Gasteiger partial charge on any atom is -0.489 e. The summed E-state index contributed by atoms with van der Waals surface area (Å²) < 4.78 is 33.3. The van der Waals surface area contributed by atoms with Crippen LogP contribution >= 0.6 is 0 Å². The molecule has 1 unspecified atom stereocenters. The van der Waals surface area contributed by atoms with Crippen LogP contribution in [0.3, 0.4) is 0 Å². The van der Waals surface area contributed by atoms with E-state index in [0.29, 0.717) is 30.9 Å². The molecule has 1 saturated heterocycles. The Balaban J connectivity index is 1.83. The summed E-state index contributed by atoms with van der Waals surface area (Å²) in [6.45, 7) is 4.88. The van der Waals surface area contributed by atoms with Gasteiger partial charge in [0.2, 0.25) is 15.9 Å². The molecule has 0 bridgehead atoms. The molecular weight excluding hydrogens is 376 g/mol. The Bertz CT molecular complexity index is 827. The zero-order valence-electron chi connectivity index (χ0n) is 16.7. The van der Waals surface area contributed by atoms with Crippen molar-refractivity contribution in [3.05, 3.63) is 30.4 Å². The number of carbonyl (C=O) groups is 1. The average molecular weight is 407 g/mol. The highest BCUT2D eigenvalue weighted by Crippen LogP contribution is 2.31. The van der Waals surface area contributed by atoms with Crippen molar-refractivity contribution in [3.63, 3.8) is 0 Å². The van der Waals surface area contributed by atoms with Gasteiger partial charge in [0, 0.05) is 19.5 Å². The number of hydrogen-bond acceptors (Lipinski definition) is 4. The van der Waals surface area contributed by atoms with Crippen molar-refractivity contribution in [2.75, 3.05) is 18.4 Å². The minimum absolute atomic E-state index is 0.0852. The van der Waals surface area contributed by atoms with E-state index in [0.717, 1.165) is 32.1 Å². The maximum absolute atomic E-state index is 13.0. The van der Waals surface area contributed by atoms with Gasteiger partial charge in [-0.3, -0.25) is 4.79 Å². The van der Waals surface area contributed by atoms with Crippen molar-refractivity contribution < 1.29 is 17.9 Å². The summed E-state index contributed by atoms with van der Waals surface area (Å²) in [5, 5.41) is 2.88. The molecule has 7 heteroatoms. The first kappa shape index (κ1) is 20.9. The van der Waals surface area contributed by atoms with Gasteiger partial charge in [0.05, 0.1) is 16.7 Å². The summed E-state index contributed by atoms with van der Waals surface area (Å²) >= 11 is 0. The second-order valence-corrected chi connectivity index (χ2v) is 9.75. The van der Waals surface area contributed by atoms with Crippen LogP contribution in [0.15, 0.2) is 35.2 Å². The van der Waals surface area contributed by atoms with Crippen LogP contribution in [0.4, 0.5) is 5.69 Å². The van der Waals surface area contributed by atoms with E-state index in [1.54, 1.807) is 12.1 Å². The molecule has 2 aliphatic rings. The van der Waals surface area contributed by atoms with Crippen molar-refractivity contribution in [1.29, 1.82) is 0 Å². The fourth-order valence-electron chi connectivity index (χ4n) is 3.68. The quantitative estimate of drug-likeness (QED) is 0.696. The van der Waals surface area contributed by atoms with E-state index >= 15 is 0 Å². The van der Waals surface area contributed by atoms with Gasteiger partial charge in [0.25, 0.3) is 0 Å². The molecule has 3 rings (SSSR count). The van der Waals surface area contributed by atoms with Crippen molar-refractivity contribution in [2.24, 2.45) is 5.92 Å².